The van der Waals surface area contributed by atoms with E-state index in [9.17, 15) is 20.4 Å². The molecular weight excluding hydrogens is 190 g/mol. The van der Waals surface area contributed by atoms with Crippen molar-refractivity contribution in [2.24, 2.45) is 0 Å². The van der Waals surface area contributed by atoms with E-state index in [0.29, 0.717) is 0 Å². The van der Waals surface area contributed by atoms with Crippen molar-refractivity contribution in [3.05, 3.63) is 0 Å². The van der Waals surface area contributed by atoms with Gasteiger partial charge in [-0.05, 0) is 0 Å². The van der Waals surface area contributed by atoms with E-state index in [1.54, 1.807) is 4.90 Å². The molecule has 2 rings (SSSR count). The Morgan fingerprint density at radius 1 is 1.00 bits per heavy atom. The molecule has 0 saturated carbocycles. The normalized spacial score (nSPS) is 53.8. The Hall–Kier alpha value is -0.240. The molecule has 0 radical (unpaired) electrons. The summed E-state index contributed by atoms with van der Waals surface area (Å²) in [5.74, 6) is 0. The summed E-state index contributed by atoms with van der Waals surface area (Å²) in [7, 11) is 0. The van der Waals surface area contributed by atoms with Crippen LogP contribution in [0.25, 0.3) is 0 Å². The summed E-state index contributed by atoms with van der Waals surface area (Å²) in [5.41, 5.74) is 0. The van der Waals surface area contributed by atoms with Crippen LogP contribution in [0, 0.1) is 0 Å². The van der Waals surface area contributed by atoms with Crippen LogP contribution in [-0.2, 0) is 0 Å². The number of rotatable bonds is 1. The van der Waals surface area contributed by atoms with E-state index < -0.39 is 36.5 Å². The Morgan fingerprint density at radius 2 is 1.64 bits per heavy atom. The zero-order chi connectivity index (χ0) is 10.5. The highest BCUT2D eigenvalue weighted by molar-refractivity contribution is 5.09. The fraction of sp³-hybridized carbons (Fsp3) is 1.00. The molecule has 0 aromatic rings. The average molecular weight is 205 g/mol. The van der Waals surface area contributed by atoms with Crippen LogP contribution in [0.15, 0.2) is 0 Å². The minimum atomic E-state index is -1.11. The van der Waals surface area contributed by atoms with Crippen LogP contribution in [0.1, 0.15) is 0 Å². The SMILES string of the molecule is OC[C@H]1[C@H](O)[C@@H](O)C2[C@@H](O)[C@H](O)CN21. The van der Waals surface area contributed by atoms with Crippen molar-refractivity contribution >= 4 is 0 Å². The molecule has 2 aliphatic rings. The van der Waals surface area contributed by atoms with Crippen LogP contribution in [0.2, 0.25) is 0 Å². The summed E-state index contributed by atoms with van der Waals surface area (Å²) in [4.78, 5) is 1.56. The highest BCUT2D eigenvalue weighted by atomic mass is 16.4. The average Bonchev–Trinajstić information content (AvgIpc) is 2.54. The second-order valence-corrected chi connectivity index (χ2v) is 3.98. The summed E-state index contributed by atoms with van der Waals surface area (Å²) >= 11 is 0. The molecule has 0 aromatic carbocycles. The summed E-state index contributed by atoms with van der Waals surface area (Å²) in [6, 6.07) is -1.26. The fourth-order valence-corrected chi connectivity index (χ4v) is 2.46. The lowest BCUT2D eigenvalue weighted by Gasteiger charge is -2.22. The molecule has 5 N–H and O–H groups in total. The van der Waals surface area contributed by atoms with E-state index in [0.717, 1.165) is 0 Å². The molecule has 1 unspecified atom stereocenters. The van der Waals surface area contributed by atoms with Crippen molar-refractivity contribution in [3.8, 4) is 0 Å². The molecule has 2 saturated heterocycles. The van der Waals surface area contributed by atoms with Gasteiger partial charge in [0.15, 0.2) is 0 Å². The highest BCUT2D eigenvalue weighted by Gasteiger charge is 2.56. The maximum absolute atomic E-state index is 9.58. The third-order valence-corrected chi connectivity index (χ3v) is 3.23. The van der Waals surface area contributed by atoms with Crippen molar-refractivity contribution in [3.63, 3.8) is 0 Å². The minimum absolute atomic E-state index is 0.172. The predicted octanol–water partition coefficient (Wildman–Crippen LogP) is -3.51. The summed E-state index contributed by atoms with van der Waals surface area (Å²) < 4.78 is 0. The van der Waals surface area contributed by atoms with Gasteiger partial charge in [0, 0.05) is 6.54 Å². The smallest absolute Gasteiger partial charge is 0.0996 e. The van der Waals surface area contributed by atoms with Crippen LogP contribution in [-0.4, -0.2) is 80.1 Å². The molecular formula is C8H15NO5. The van der Waals surface area contributed by atoms with Crippen molar-refractivity contribution < 1.29 is 25.5 Å². The molecule has 6 heteroatoms. The second kappa shape index (κ2) is 3.41. The van der Waals surface area contributed by atoms with Crippen LogP contribution < -0.4 is 0 Å². The molecule has 2 aliphatic heterocycles. The van der Waals surface area contributed by atoms with E-state index in [-0.39, 0.29) is 13.2 Å². The molecule has 2 heterocycles. The van der Waals surface area contributed by atoms with Gasteiger partial charge in [-0.3, -0.25) is 4.90 Å². The predicted molar refractivity (Wildman–Crippen MR) is 45.4 cm³/mol. The number of aliphatic hydroxyl groups excluding tert-OH is 5. The second-order valence-electron chi connectivity index (χ2n) is 3.98. The molecule has 0 aliphatic carbocycles. The van der Waals surface area contributed by atoms with Gasteiger partial charge in [0.1, 0.15) is 0 Å². The number of hydrogen-bond acceptors (Lipinski definition) is 6. The van der Waals surface area contributed by atoms with Gasteiger partial charge in [-0.15, -0.1) is 0 Å². The number of fused-ring (bicyclic) bond motifs is 1. The first-order valence-corrected chi connectivity index (χ1v) is 4.66. The standard InChI is InChI=1S/C8H15NO5/c10-2-3-6(12)8(14)5-7(13)4(11)1-9(3)5/h3-8,10-14H,1-2H2/t3-,4+,5?,6-,7-,8-/m0/s1. The van der Waals surface area contributed by atoms with Gasteiger partial charge in [0.2, 0.25) is 0 Å². The quantitative estimate of drug-likeness (QED) is 0.304. The Kier molecular flexibility index (Phi) is 2.50. The Morgan fingerprint density at radius 3 is 2.21 bits per heavy atom. The van der Waals surface area contributed by atoms with Gasteiger partial charge in [0.25, 0.3) is 0 Å². The van der Waals surface area contributed by atoms with Crippen molar-refractivity contribution in [1.29, 1.82) is 0 Å². The molecule has 14 heavy (non-hydrogen) atoms. The van der Waals surface area contributed by atoms with Crippen molar-refractivity contribution in [2.45, 2.75) is 36.5 Å². The Labute approximate surface area is 81.0 Å². The lowest BCUT2D eigenvalue weighted by Crippen LogP contribution is -2.41. The van der Waals surface area contributed by atoms with Gasteiger partial charge in [0.05, 0.1) is 43.1 Å². The maximum atomic E-state index is 9.58. The molecule has 6 atom stereocenters. The number of hydrogen-bond donors (Lipinski definition) is 5. The summed E-state index contributed by atoms with van der Waals surface area (Å²) in [5, 5.41) is 47.0. The third-order valence-electron chi connectivity index (χ3n) is 3.23. The van der Waals surface area contributed by atoms with Crippen LogP contribution in [0.4, 0.5) is 0 Å². The Bertz CT molecular complexity index is 226. The number of nitrogens with zero attached hydrogens (tertiary/aromatic N) is 1. The van der Waals surface area contributed by atoms with Crippen LogP contribution in [0.5, 0.6) is 0 Å². The zero-order valence-corrected chi connectivity index (χ0v) is 7.56. The molecule has 0 spiro atoms. The van der Waals surface area contributed by atoms with E-state index in [4.69, 9.17) is 5.11 Å². The fourth-order valence-electron chi connectivity index (χ4n) is 2.46. The molecule has 2 fully saturated rings. The summed E-state index contributed by atoms with van der Waals surface area (Å²) in [6.07, 6.45) is -4.15. The first-order valence-electron chi connectivity index (χ1n) is 4.66. The largest absolute Gasteiger partial charge is 0.395 e. The highest BCUT2D eigenvalue weighted by Crippen LogP contribution is 2.33. The van der Waals surface area contributed by atoms with Gasteiger partial charge in [-0.25, -0.2) is 0 Å². The molecule has 0 aromatic heterocycles. The van der Waals surface area contributed by atoms with Gasteiger partial charge in [-0.1, -0.05) is 0 Å². The lowest BCUT2D eigenvalue weighted by molar-refractivity contribution is -0.0268. The Balaban J connectivity index is 2.21. The summed E-state index contributed by atoms with van der Waals surface area (Å²) in [6.45, 7) is -0.126. The van der Waals surface area contributed by atoms with Crippen molar-refractivity contribution in [1.82, 2.24) is 4.90 Å². The molecule has 6 nitrogen and oxygen atoms in total. The third kappa shape index (κ3) is 1.19. The maximum Gasteiger partial charge on any atom is 0.0996 e. The van der Waals surface area contributed by atoms with E-state index >= 15 is 0 Å². The lowest BCUT2D eigenvalue weighted by atomic mass is 10.0. The van der Waals surface area contributed by atoms with Crippen LogP contribution >= 0.6 is 0 Å². The monoisotopic (exact) mass is 205 g/mol. The van der Waals surface area contributed by atoms with Crippen molar-refractivity contribution in [2.75, 3.05) is 13.2 Å². The van der Waals surface area contributed by atoms with Gasteiger partial charge < -0.3 is 25.5 Å². The van der Waals surface area contributed by atoms with Gasteiger partial charge >= 0.3 is 0 Å². The van der Waals surface area contributed by atoms with E-state index in [2.05, 4.69) is 0 Å². The van der Waals surface area contributed by atoms with Crippen LogP contribution in [0.3, 0.4) is 0 Å². The number of aliphatic hydroxyl groups is 5. The van der Waals surface area contributed by atoms with E-state index in [1.807, 2.05) is 0 Å². The first kappa shape index (κ1) is 10.3. The topological polar surface area (TPSA) is 104 Å². The molecule has 0 bridgehead atoms. The zero-order valence-electron chi connectivity index (χ0n) is 7.56. The molecule has 82 valence electrons. The molecule has 0 amide bonds. The minimum Gasteiger partial charge on any atom is -0.395 e. The van der Waals surface area contributed by atoms with E-state index in [1.165, 1.54) is 0 Å². The first-order chi connectivity index (χ1) is 6.57. The van der Waals surface area contributed by atoms with Gasteiger partial charge in [-0.2, -0.15) is 0 Å².